The number of halogens is 1. The summed E-state index contributed by atoms with van der Waals surface area (Å²) in [5.41, 5.74) is 1.59. The molecule has 1 aromatic heterocycles. The number of benzene rings is 3. The van der Waals surface area contributed by atoms with E-state index in [0.717, 1.165) is 11.1 Å². The van der Waals surface area contributed by atoms with Crippen molar-refractivity contribution >= 4 is 28.3 Å². The number of hydrogen-bond acceptors (Lipinski definition) is 4. The van der Waals surface area contributed by atoms with E-state index in [2.05, 4.69) is 5.10 Å². The molecule has 0 aliphatic rings. The van der Waals surface area contributed by atoms with Crippen LogP contribution in [0.4, 0.5) is 0 Å². The maximum atomic E-state index is 12.9. The SMILES string of the molecule is O=C(OCc1ccc(Cl)cc1)c1nn(Cc2ccccc2)c(=O)c2ccccc12. The molecule has 5 nitrogen and oxygen atoms in total. The number of esters is 1. The molecule has 3 aromatic carbocycles. The van der Waals surface area contributed by atoms with Crippen LogP contribution in [0.3, 0.4) is 0 Å². The van der Waals surface area contributed by atoms with Crippen LogP contribution in [0.1, 0.15) is 21.6 Å². The van der Waals surface area contributed by atoms with Gasteiger partial charge in [-0.15, -0.1) is 0 Å². The van der Waals surface area contributed by atoms with E-state index in [9.17, 15) is 9.59 Å². The smallest absolute Gasteiger partial charge is 0.359 e. The van der Waals surface area contributed by atoms with Crippen LogP contribution >= 0.6 is 11.6 Å². The molecule has 0 aliphatic heterocycles. The molecule has 0 bridgehead atoms. The zero-order chi connectivity index (χ0) is 20.2. The molecule has 144 valence electrons. The topological polar surface area (TPSA) is 61.2 Å². The Kier molecular flexibility index (Phi) is 5.40. The molecule has 0 unspecified atom stereocenters. The summed E-state index contributed by atoms with van der Waals surface area (Å²) in [5.74, 6) is -0.585. The average Bonchev–Trinajstić information content (AvgIpc) is 2.76. The van der Waals surface area contributed by atoms with Gasteiger partial charge in [0.1, 0.15) is 6.61 Å². The van der Waals surface area contributed by atoms with E-state index in [0.29, 0.717) is 15.8 Å². The van der Waals surface area contributed by atoms with Gasteiger partial charge in [0.05, 0.1) is 11.9 Å². The first-order chi connectivity index (χ1) is 14.1. The number of nitrogens with zero attached hydrogens (tertiary/aromatic N) is 2. The van der Waals surface area contributed by atoms with E-state index < -0.39 is 5.97 Å². The van der Waals surface area contributed by atoms with Crippen LogP contribution in [-0.2, 0) is 17.9 Å². The molecule has 29 heavy (non-hydrogen) atoms. The van der Waals surface area contributed by atoms with Crippen molar-refractivity contribution in [1.82, 2.24) is 9.78 Å². The van der Waals surface area contributed by atoms with Crippen molar-refractivity contribution in [2.24, 2.45) is 0 Å². The molecule has 0 fully saturated rings. The van der Waals surface area contributed by atoms with Gasteiger partial charge in [0.15, 0.2) is 5.69 Å². The van der Waals surface area contributed by atoms with Crippen molar-refractivity contribution in [2.75, 3.05) is 0 Å². The van der Waals surface area contributed by atoms with Crippen LogP contribution < -0.4 is 5.56 Å². The van der Waals surface area contributed by atoms with Gasteiger partial charge in [-0.1, -0.05) is 72.3 Å². The van der Waals surface area contributed by atoms with Gasteiger partial charge in [0.2, 0.25) is 0 Å². The van der Waals surface area contributed by atoms with Crippen LogP contribution in [0.2, 0.25) is 5.02 Å². The summed E-state index contributed by atoms with van der Waals surface area (Å²) in [6.07, 6.45) is 0. The molecule has 0 amide bonds. The summed E-state index contributed by atoms with van der Waals surface area (Å²) < 4.78 is 6.75. The van der Waals surface area contributed by atoms with Gasteiger partial charge >= 0.3 is 5.97 Å². The minimum atomic E-state index is -0.585. The third-order valence-electron chi connectivity index (χ3n) is 4.52. The predicted octanol–water partition coefficient (Wildman–Crippen LogP) is 4.46. The second-order valence-electron chi connectivity index (χ2n) is 6.55. The Balaban J connectivity index is 1.68. The molecule has 6 heteroatoms. The van der Waals surface area contributed by atoms with Gasteiger partial charge in [-0.2, -0.15) is 5.10 Å². The highest BCUT2D eigenvalue weighted by Gasteiger charge is 2.18. The minimum Gasteiger partial charge on any atom is -0.456 e. The number of ether oxygens (including phenoxy) is 1. The van der Waals surface area contributed by atoms with Crippen LogP contribution in [0, 0.1) is 0 Å². The zero-order valence-corrected chi connectivity index (χ0v) is 16.2. The monoisotopic (exact) mass is 404 g/mol. The predicted molar refractivity (Wildman–Crippen MR) is 112 cm³/mol. The third-order valence-corrected chi connectivity index (χ3v) is 4.77. The van der Waals surface area contributed by atoms with Crippen molar-refractivity contribution in [3.05, 3.63) is 111 Å². The van der Waals surface area contributed by atoms with Crippen LogP contribution in [0.25, 0.3) is 10.8 Å². The van der Waals surface area contributed by atoms with E-state index in [4.69, 9.17) is 16.3 Å². The maximum Gasteiger partial charge on any atom is 0.359 e. The highest BCUT2D eigenvalue weighted by Crippen LogP contribution is 2.16. The van der Waals surface area contributed by atoms with Gasteiger partial charge in [-0.05, 0) is 29.3 Å². The highest BCUT2D eigenvalue weighted by atomic mass is 35.5. The lowest BCUT2D eigenvalue weighted by molar-refractivity contribution is 0.0465. The molecule has 4 rings (SSSR count). The molecule has 0 saturated carbocycles. The second kappa shape index (κ2) is 8.29. The normalized spacial score (nSPS) is 10.8. The van der Waals surface area contributed by atoms with Gasteiger partial charge < -0.3 is 4.74 Å². The Hall–Kier alpha value is -3.44. The lowest BCUT2D eigenvalue weighted by atomic mass is 10.1. The Morgan fingerprint density at radius 3 is 2.24 bits per heavy atom. The maximum absolute atomic E-state index is 12.9. The lowest BCUT2D eigenvalue weighted by Crippen LogP contribution is -2.27. The molecule has 0 saturated heterocycles. The molecule has 0 aliphatic carbocycles. The molecule has 4 aromatic rings. The fourth-order valence-corrected chi connectivity index (χ4v) is 3.17. The first-order valence-corrected chi connectivity index (χ1v) is 9.45. The van der Waals surface area contributed by atoms with Crippen LogP contribution in [-0.4, -0.2) is 15.7 Å². The number of hydrogen-bond donors (Lipinski definition) is 0. The van der Waals surface area contributed by atoms with Crippen molar-refractivity contribution in [1.29, 1.82) is 0 Å². The first kappa shape index (κ1) is 18.9. The van der Waals surface area contributed by atoms with Crippen LogP contribution in [0.15, 0.2) is 83.7 Å². The molecular weight excluding hydrogens is 388 g/mol. The fourth-order valence-electron chi connectivity index (χ4n) is 3.05. The zero-order valence-electron chi connectivity index (χ0n) is 15.4. The van der Waals surface area contributed by atoms with Gasteiger partial charge in [0.25, 0.3) is 5.56 Å². The molecular formula is C23H17ClN2O3. The lowest BCUT2D eigenvalue weighted by Gasteiger charge is -2.11. The minimum absolute atomic E-state index is 0.0871. The number of carbonyl (C=O) groups excluding carboxylic acids is 1. The summed E-state index contributed by atoms with van der Waals surface area (Å²) >= 11 is 5.88. The first-order valence-electron chi connectivity index (χ1n) is 9.07. The number of carbonyl (C=O) groups is 1. The van der Waals surface area contributed by atoms with Gasteiger partial charge in [-0.3, -0.25) is 4.79 Å². The van der Waals surface area contributed by atoms with Crippen LogP contribution in [0.5, 0.6) is 0 Å². The summed E-state index contributed by atoms with van der Waals surface area (Å²) in [6.45, 7) is 0.353. The highest BCUT2D eigenvalue weighted by molar-refractivity contribution is 6.30. The average molecular weight is 405 g/mol. The van der Waals surface area contributed by atoms with E-state index >= 15 is 0 Å². The van der Waals surface area contributed by atoms with E-state index in [1.807, 2.05) is 30.3 Å². The second-order valence-corrected chi connectivity index (χ2v) is 6.98. The molecule has 0 spiro atoms. The molecule has 0 atom stereocenters. The Bertz CT molecular complexity index is 1220. The molecule has 1 heterocycles. The van der Waals surface area contributed by atoms with E-state index in [1.165, 1.54) is 4.68 Å². The van der Waals surface area contributed by atoms with Gasteiger partial charge in [-0.25, -0.2) is 9.48 Å². The Labute approximate surface area is 172 Å². The molecule has 0 N–H and O–H groups in total. The third kappa shape index (κ3) is 4.20. The molecule has 0 radical (unpaired) electrons. The number of fused-ring (bicyclic) bond motifs is 1. The van der Waals surface area contributed by atoms with E-state index in [1.54, 1.807) is 48.5 Å². The summed E-state index contributed by atoms with van der Waals surface area (Å²) in [7, 11) is 0. The summed E-state index contributed by atoms with van der Waals surface area (Å²) in [5, 5.41) is 5.84. The van der Waals surface area contributed by atoms with Crippen molar-refractivity contribution in [3.8, 4) is 0 Å². The van der Waals surface area contributed by atoms with Crippen molar-refractivity contribution < 1.29 is 9.53 Å². The fraction of sp³-hybridized carbons (Fsp3) is 0.0870. The largest absolute Gasteiger partial charge is 0.456 e. The standard InChI is InChI=1S/C23H17ClN2O3/c24-18-12-10-17(11-13-18)15-29-23(28)21-19-8-4-5-9-20(19)22(27)26(25-21)14-16-6-2-1-3-7-16/h1-13H,14-15H2. The van der Waals surface area contributed by atoms with E-state index in [-0.39, 0.29) is 24.4 Å². The quantitative estimate of drug-likeness (QED) is 0.461. The Morgan fingerprint density at radius 1 is 0.862 bits per heavy atom. The summed E-state index contributed by atoms with van der Waals surface area (Å²) in [4.78, 5) is 25.6. The number of aromatic nitrogens is 2. The number of rotatable bonds is 5. The summed E-state index contributed by atoms with van der Waals surface area (Å²) in [6, 6.07) is 23.5. The van der Waals surface area contributed by atoms with Crippen molar-refractivity contribution in [3.63, 3.8) is 0 Å². The Morgan fingerprint density at radius 2 is 1.52 bits per heavy atom. The van der Waals surface area contributed by atoms with Crippen molar-refractivity contribution in [2.45, 2.75) is 13.2 Å². The van der Waals surface area contributed by atoms with Gasteiger partial charge in [0, 0.05) is 10.4 Å².